The van der Waals surface area contributed by atoms with Crippen LogP contribution in [0.3, 0.4) is 0 Å². The first-order chi connectivity index (χ1) is 18.1. The molecule has 11 heteroatoms. The maximum absolute atomic E-state index is 5.94. The lowest BCUT2D eigenvalue weighted by molar-refractivity contribution is 0.132. The minimum Gasteiger partial charge on any atom is -0.497 e. The Bertz CT molecular complexity index is 1330. The first kappa shape index (κ1) is 26.0. The fourth-order valence-corrected chi connectivity index (χ4v) is 3.68. The Balaban J connectivity index is 1.68. The Kier molecular flexibility index (Phi) is 8.60. The molecule has 196 valence electrons. The van der Waals surface area contributed by atoms with Gasteiger partial charge in [-0.3, -0.25) is 4.90 Å². The highest BCUT2D eigenvalue weighted by Gasteiger charge is 2.20. The van der Waals surface area contributed by atoms with Gasteiger partial charge in [-0.1, -0.05) is 5.16 Å². The summed E-state index contributed by atoms with van der Waals surface area (Å²) in [7, 11) is 8.28. The van der Waals surface area contributed by atoms with E-state index in [1.807, 2.05) is 37.4 Å². The van der Waals surface area contributed by atoms with Crippen LogP contribution in [0.15, 0.2) is 47.2 Å². The quantitative estimate of drug-likeness (QED) is 0.242. The van der Waals surface area contributed by atoms with Crippen LogP contribution in [0.25, 0.3) is 22.2 Å². The Morgan fingerprint density at radius 3 is 2.19 bits per heavy atom. The van der Waals surface area contributed by atoms with E-state index in [0.29, 0.717) is 72.3 Å². The van der Waals surface area contributed by atoms with Gasteiger partial charge in [0, 0.05) is 50.4 Å². The highest BCUT2D eigenvalue weighted by atomic mass is 16.5. The molecule has 0 saturated carbocycles. The van der Waals surface area contributed by atoms with Crippen molar-refractivity contribution in [3.05, 3.63) is 42.7 Å². The molecular weight excluding hydrogens is 480 g/mol. The zero-order valence-electron chi connectivity index (χ0n) is 21.5. The number of ether oxygens (including phenoxy) is 6. The minimum absolute atomic E-state index is 0.358. The van der Waals surface area contributed by atoms with Crippen LogP contribution in [0.4, 0.5) is 11.7 Å². The van der Waals surface area contributed by atoms with E-state index in [-0.39, 0.29) is 0 Å². The molecule has 0 aliphatic heterocycles. The molecular formula is C26H30N4O7. The topological polar surface area (TPSA) is 110 Å². The predicted molar refractivity (Wildman–Crippen MR) is 137 cm³/mol. The van der Waals surface area contributed by atoms with Gasteiger partial charge in [0.05, 0.1) is 33.0 Å². The molecule has 0 fully saturated rings. The van der Waals surface area contributed by atoms with Gasteiger partial charge in [0.25, 0.3) is 0 Å². The summed E-state index contributed by atoms with van der Waals surface area (Å²) in [4.78, 5) is 10.7. The Morgan fingerprint density at radius 2 is 1.51 bits per heavy atom. The summed E-state index contributed by atoms with van der Waals surface area (Å²) in [5, 5.41) is 5.00. The van der Waals surface area contributed by atoms with Gasteiger partial charge in [-0.05, 0) is 18.2 Å². The van der Waals surface area contributed by atoms with Gasteiger partial charge in [-0.15, -0.1) is 0 Å². The van der Waals surface area contributed by atoms with E-state index in [9.17, 15) is 0 Å². The molecule has 4 aromatic rings. The molecule has 2 aromatic heterocycles. The molecule has 0 N–H and O–H groups in total. The standard InChI is InChI=1S/C26H30N4O7/c1-30(25-15-21(29-37-25)18-7-6-17(33-4)12-22(18)34-5)26-19-13-23(35-10-8-31-2)24(36-11-9-32-3)14-20(19)27-16-28-26/h6-7,12-16H,8-11H2,1-5H3. The van der Waals surface area contributed by atoms with E-state index in [4.69, 9.17) is 32.9 Å². The monoisotopic (exact) mass is 510 g/mol. The Labute approximate surface area is 214 Å². The molecule has 2 heterocycles. The molecule has 0 aliphatic carbocycles. The summed E-state index contributed by atoms with van der Waals surface area (Å²) in [6.07, 6.45) is 1.49. The number of fused-ring (bicyclic) bond motifs is 1. The first-order valence-electron chi connectivity index (χ1n) is 11.5. The molecule has 11 nitrogen and oxygen atoms in total. The smallest absolute Gasteiger partial charge is 0.233 e. The molecule has 0 spiro atoms. The van der Waals surface area contributed by atoms with E-state index in [0.717, 1.165) is 10.9 Å². The number of methoxy groups -OCH3 is 4. The van der Waals surface area contributed by atoms with Crippen molar-refractivity contribution < 1.29 is 32.9 Å². The lowest BCUT2D eigenvalue weighted by Crippen LogP contribution is -2.12. The Morgan fingerprint density at radius 1 is 0.784 bits per heavy atom. The zero-order valence-corrected chi connectivity index (χ0v) is 21.5. The molecule has 0 aliphatic rings. The number of benzene rings is 2. The fraction of sp³-hybridized carbons (Fsp3) is 0.346. The largest absolute Gasteiger partial charge is 0.497 e. The Hall–Kier alpha value is -4.09. The van der Waals surface area contributed by atoms with Crippen LogP contribution in [0.1, 0.15) is 0 Å². The molecule has 0 unspecified atom stereocenters. The number of hydrogen-bond acceptors (Lipinski definition) is 11. The van der Waals surface area contributed by atoms with Crippen LogP contribution in [0, 0.1) is 0 Å². The second-order valence-electron chi connectivity index (χ2n) is 7.87. The third-order valence-corrected chi connectivity index (χ3v) is 5.60. The van der Waals surface area contributed by atoms with Gasteiger partial charge in [0.1, 0.15) is 42.6 Å². The molecule has 2 aromatic carbocycles. The van der Waals surface area contributed by atoms with Gasteiger partial charge in [-0.25, -0.2) is 9.97 Å². The summed E-state index contributed by atoms with van der Waals surface area (Å²) >= 11 is 0. The first-order valence-corrected chi connectivity index (χ1v) is 11.5. The number of anilines is 2. The summed E-state index contributed by atoms with van der Waals surface area (Å²) < 4.78 is 38.5. The normalized spacial score (nSPS) is 10.9. The number of aromatic nitrogens is 3. The van der Waals surface area contributed by atoms with Crippen molar-refractivity contribution >= 4 is 22.6 Å². The third kappa shape index (κ3) is 5.84. The third-order valence-electron chi connectivity index (χ3n) is 5.60. The van der Waals surface area contributed by atoms with E-state index >= 15 is 0 Å². The van der Waals surface area contributed by atoms with E-state index < -0.39 is 0 Å². The van der Waals surface area contributed by atoms with Crippen molar-refractivity contribution in [2.75, 3.05) is 66.8 Å². The van der Waals surface area contributed by atoms with Crippen molar-refractivity contribution in [1.29, 1.82) is 0 Å². The van der Waals surface area contributed by atoms with E-state index in [1.54, 1.807) is 39.4 Å². The molecule has 0 atom stereocenters. The zero-order chi connectivity index (χ0) is 26.2. The summed E-state index contributed by atoms with van der Waals surface area (Å²) in [5.41, 5.74) is 2.06. The maximum Gasteiger partial charge on any atom is 0.233 e. The molecule has 4 rings (SSSR count). The molecule has 0 amide bonds. The molecule has 0 saturated heterocycles. The maximum atomic E-state index is 5.94. The van der Waals surface area contributed by atoms with Crippen molar-refractivity contribution in [1.82, 2.24) is 15.1 Å². The van der Waals surface area contributed by atoms with Gasteiger partial charge < -0.3 is 32.9 Å². The number of nitrogens with zero attached hydrogens (tertiary/aromatic N) is 4. The van der Waals surface area contributed by atoms with Crippen LogP contribution in [0.2, 0.25) is 0 Å². The van der Waals surface area contributed by atoms with E-state index in [1.165, 1.54) is 6.33 Å². The summed E-state index contributed by atoms with van der Waals surface area (Å²) in [5.74, 6) is 3.49. The van der Waals surface area contributed by atoms with Crippen molar-refractivity contribution in [3.63, 3.8) is 0 Å². The fourth-order valence-electron chi connectivity index (χ4n) is 3.68. The molecule has 37 heavy (non-hydrogen) atoms. The van der Waals surface area contributed by atoms with Gasteiger partial charge in [0.2, 0.25) is 5.88 Å². The van der Waals surface area contributed by atoms with Crippen molar-refractivity contribution in [2.24, 2.45) is 0 Å². The lowest BCUT2D eigenvalue weighted by atomic mass is 10.1. The summed E-state index contributed by atoms with van der Waals surface area (Å²) in [6, 6.07) is 11.0. The molecule has 0 radical (unpaired) electrons. The lowest BCUT2D eigenvalue weighted by Gasteiger charge is -2.18. The molecule has 0 bridgehead atoms. The van der Waals surface area contributed by atoms with Gasteiger partial charge in [0.15, 0.2) is 11.5 Å². The van der Waals surface area contributed by atoms with Gasteiger partial charge >= 0.3 is 0 Å². The average Bonchev–Trinajstić information content (AvgIpc) is 3.42. The van der Waals surface area contributed by atoms with Gasteiger partial charge in [-0.2, -0.15) is 0 Å². The predicted octanol–water partition coefficient (Wildman–Crippen LogP) is 4.12. The highest BCUT2D eigenvalue weighted by Crippen LogP contribution is 2.38. The van der Waals surface area contributed by atoms with Crippen LogP contribution in [-0.2, 0) is 9.47 Å². The highest BCUT2D eigenvalue weighted by molar-refractivity contribution is 5.93. The second-order valence-corrected chi connectivity index (χ2v) is 7.87. The second kappa shape index (κ2) is 12.2. The van der Waals surface area contributed by atoms with Crippen LogP contribution < -0.4 is 23.8 Å². The van der Waals surface area contributed by atoms with E-state index in [2.05, 4.69) is 15.1 Å². The van der Waals surface area contributed by atoms with Crippen LogP contribution >= 0.6 is 0 Å². The number of hydrogen-bond donors (Lipinski definition) is 0. The van der Waals surface area contributed by atoms with Crippen LogP contribution in [-0.4, -0.2) is 77.0 Å². The SMILES string of the molecule is COCCOc1cc2ncnc(N(C)c3cc(-c4ccc(OC)cc4OC)no3)c2cc1OCCOC. The average molecular weight is 511 g/mol. The number of rotatable bonds is 13. The van der Waals surface area contributed by atoms with Crippen molar-refractivity contribution in [2.45, 2.75) is 0 Å². The minimum atomic E-state index is 0.358. The summed E-state index contributed by atoms with van der Waals surface area (Å²) in [6.45, 7) is 1.61. The van der Waals surface area contributed by atoms with Crippen molar-refractivity contribution in [3.8, 4) is 34.3 Å². The van der Waals surface area contributed by atoms with Crippen LogP contribution in [0.5, 0.6) is 23.0 Å².